The van der Waals surface area contributed by atoms with Crippen LogP contribution in [0.5, 0.6) is 0 Å². The van der Waals surface area contributed by atoms with Gasteiger partial charge in [0.1, 0.15) is 0 Å². The summed E-state index contributed by atoms with van der Waals surface area (Å²) in [5.41, 5.74) is 2.29. The molecule has 0 aliphatic carbocycles. The second-order valence-electron chi connectivity index (χ2n) is 3.41. The first kappa shape index (κ1) is 11.5. The number of aryl methyl sites for hydroxylation is 1. The minimum Gasteiger partial charge on any atom is -0.378 e. The van der Waals surface area contributed by atoms with Crippen LogP contribution in [0.2, 0.25) is 0 Å². The van der Waals surface area contributed by atoms with Crippen molar-refractivity contribution in [1.29, 1.82) is 0 Å². The first-order chi connectivity index (χ1) is 7.79. The van der Waals surface area contributed by atoms with Gasteiger partial charge in [-0.15, -0.1) is 23.1 Å². The third-order valence-electron chi connectivity index (χ3n) is 2.23. The smallest absolute Gasteiger partial charge is 0.0898 e. The summed E-state index contributed by atoms with van der Waals surface area (Å²) in [7, 11) is 0. The SMILES string of the molecule is CSc1ccccc1NCc1csc(C)n1. The average Bonchev–Trinajstić information content (AvgIpc) is 2.73. The quantitative estimate of drug-likeness (QED) is 0.836. The predicted octanol–water partition coefficient (Wildman–Crippen LogP) is 3.79. The Hall–Kier alpha value is -1.00. The van der Waals surface area contributed by atoms with E-state index in [9.17, 15) is 0 Å². The lowest BCUT2D eigenvalue weighted by molar-refractivity contribution is 1.05. The van der Waals surface area contributed by atoms with E-state index in [0.717, 1.165) is 17.2 Å². The summed E-state index contributed by atoms with van der Waals surface area (Å²) < 4.78 is 0. The number of benzene rings is 1. The van der Waals surface area contributed by atoms with Crippen molar-refractivity contribution in [2.24, 2.45) is 0 Å². The Bertz CT molecular complexity index is 466. The molecule has 0 fully saturated rings. The number of hydrogen-bond donors (Lipinski definition) is 1. The highest BCUT2D eigenvalue weighted by atomic mass is 32.2. The van der Waals surface area contributed by atoms with E-state index in [2.05, 4.69) is 40.1 Å². The molecule has 0 aliphatic heterocycles. The summed E-state index contributed by atoms with van der Waals surface area (Å²) in [5.74, 6) is 0. The Morgan fingerprint density at radius 3 is 2.88 bits per heavy atom. The number of thiazole rings is 1. The van der Waals surface area contributed by atoms with Gasteiger partial charge in [-0.25, -0.2) is 4.98 Å². The third-order valence-corrected chi connectivity index (χ3v) is 3.85. The fraction of sp³-hybridized carbons (Fsp3) is 0.250. The van der Waals surface area contributed by atoms with Crippen LogP contribution in [-0.2, 0) is 6.54 Å². The highest BCUT2D eigenvalue weighted by Gasteiger charge is 2.01. The van der Waals surface area contributed by atoms with Gasteiger partial charge in [0.15, 0.2) is 0 Å². The highest BCUT2D eigenvalue weighted by molar-refractivity contribution is 7.98. The lowest BCUT2D eigenvalue weighted by Crippen LogP contribution is -2.00. The summed E-state index contributed by atoms with van der Waals surface area (Å²) in [4.78, 5) is 5.70. The molecule has 0 amide bonds. The van der Waals surface area contributed by atoms with Gasteiger partial charge in [-0.3, -0.25) is 0 Å². The molecule has 2 nitrogen and oxygen atoms in total. The zero-order chi connectivity index (χ0) is 11.4. The number of rotatable bonds is 4. The number of para-hydroxylation sites is 1. The Morgan fingerprint density at radius 2 is 2.19 bits per heavy atom. The Kier molecular flexibility index (Phi) is 3.85. The topological polar surface area (TPSA) is 24.9 Å². The molecule has 1 aromatic carbocycles. The maximum atomic E-state index is 4.43. The minimum atomic E-state index is 0.794. The molecule has 0 spiro atoms. The van der Waals surface area contributed by atoms with Crippen molar-refractivity contribution in [3.05, 3.63) is 40.3 Å². The van der Waals surface area contributed by atoms with Gasteiger partial charge in [-0.2, -0.15) is 0 Å². The van der Waals surface area contributed by atoms with E-state index in [4.69, 9.17) is 0 Å². The summed E-state index contributed by atoms with van der Waals surface area (Å²) in [6, 6.07) is 8.34. The Morgan fingerprint density at radius 1 is 1.38 bits per heavy atom. The van der Waals surface area contributed by atoms with Crippen LogP contribution in [0.1, 0.15) is 10.7 Å². The summed E-state index contributed by atoms with van der Waals surface area (Å²) in [5, 5.41) is 6.64. The molecule has 1 heterocycles. The first-order valence-corrected chi connectivity index (χ1v) is 7.18. The van der Waals surface area contributed by atoms with Crippen LogP contribution < -0.4 is 5.32 Å². The fourth-order valence-electron chi connectivity index (χ4n) is 1.47. The maximum absolute atomic E-state index is 4.43. The van der Waals surface area contributed by atoms with Gasteiger partial charge in [0.05, 0.1) is 17.2 Å². The molecule has 2 aromatic rings. The van der Waals surface area contributed by atoms with Crippen LogP contribution in [0.3, 0.4) is 0 Å². The van der Waals surface area contributed by atoms with Crippen LogP contribution >= 0.6 is 23.1 Å². The molecule has 0 bridgehead atoms. The third kappa shape index (κ3) is 2.77. The minimum absolute atomic E-state index is 0.794. The van der Waals surface area contributed by atoms with E-state index < -0.39 is 0 Å². The van der Waals surface area contributed by atoms with Crippen LogP contribution in [0.25, 0.3) is 0 Å². The van der Waals surface area contributed by atoms with Crippen molar-refractivity contribution in [1.82, 2.24) is 4.98 Å². The van der Waals surface area contributed by atoms with Crippen LogP contribution in [0, 0.1) is 6.92 Å². The Labute approximate surface area is 104 Å². The molecule has 0 unspecified atom stereocenters. The predicted molar refractivity (Wildman–Crippen MR) is 72.4 cm³/mol. The van der Waals surface area contributed by atoms with Gasteiger partial charge >= 0.3 is 0 Å². The van der Waals surface area contributed by atoms with Crippen LogP contribution in [-0.4, -0.2) is 11.2 Å². The standard InChI is InChI=1S/C12H14N2S2/c1-9-14-10(8-16-9)7-13-11-5-3-4-6-12(11)15-2/h3-6,8,13H,7H2,1-2H3. The number of thioether (sulfide) groups is 1. The van der Waals surface area contributed by atoms with Gasteiger partial charge in [0.2, 0.25) is 0 Å². The second kappa shape index (κ2) is 5.37. The fourth-order valence-corrected chi connectivity index (χ4v) is 2.65. The molecule has 4 heteroatoms. The van der Waals surface area contributed by atoms with E-state index >= 15 is 0 Å². The van der Waals surface area contributed by atoms with Crippen molar-refractivity contribution in [2.45, 2.75) is 18.4 Å². The van der Waals surface area contributed by atoms with E-state index in [-0.39, 0.29) is 0 Å². The molecule has 2 rings (SSSR count). The summed E-state index contributed by atoms with van der Waals surface area (Å²) in [6.45, 7) is 2.83. The molecular formula is C12H14N2S2. The number of nitrogens with one attached hydrogen (secondary N) is 1. The van der Waals surface area contributed by atoms with Crippen LogP contribution in [0.4, 0.5) is 5.69 Å². The molecule has 0 saturated carbocycles. The summed E-state index contributed by atoms with van der Waals surface area (Å²) >= 11 is 3.45. The lowest BCUT2D eigenvalue weighted by Gasteiger charge is -2.08. The average molecular weight is 250 g/mol. The molecule has 1 aromatic heterocycles. The zero-order valence-corrected chi connectivity index (χ0v) is 11.0. The summed E-state index contributed by atoms with van der Waals surface area (Å²) in [6.07, 6.45) is 2.09. The number of nitrogens with zero attached hydrogens (tertiary/aromatic N) is 1. The van der Waals surface area contributed by atoms with E-state index in [0.29, 0.717) is 0 Å². The highest BCUT2D eigenvalue weighted by Crippen LogP contribution is 2.25. The zero-order valence-electron chi connectivity index (χ0n) is 9.36. The molecular weight excluding hydrogens is 236 g/mol. The first-order valence-electron chi connectivity index (χ1n) is 5.07. The monoisotopic (exact) mass is 250 g/mol. The van der Waals surface area contributed by atoms with E-state index in [1.807, 2.05) is 13.0 Å². The Balaban J connectivity index is 2.04. The van der Waals surface area contributed by atoms with Crippen molar-refractivity contribution in [2.75, 3.05) is 11.6 Å². The largest absolute Gasteiger partial charge is 0.378 e. The van der Waals surface area contributed by atoms with E-state index in [1.54, 1.807) is 23.1 Å². The molecule has 84 valence electrons. The van der Waals surface area contributed by atoms with Crippen molar-refractivity contribution >= 4 is 28.8 Å². The van der Waals surface area contributed by atoms with Gasteiger partial charge in [0, 0.05) is 16.0 Å². The van der Waals surface area contributed by atoms with Gasteiger partial charge < -0.3 is 5.32 Å². The van der Waals surface area contributed by atoms with Crippen molar-refractivity contribution in [3.8, 4) is 0 Å². The lowest BCUT2D eigenvalue weighted by atomic mass is 10.3. The maximum Gasteiger partial charge on any atom is 0.0898 e. The number of anilines is 1. The normalized spacial score (nSPS) is 10.4. The van der Waals surface area contributed by atoms with Crippen molar-refractivity contribution < 1.29 is 0 Å². The van der Waals surface area contributed by atoms with Gasteiger partial charge in [0.25, 0.3) is 0 Å². The molecule has 0 aliphatic rings. The van der Waals surface area contributed by atoms with Gasteiger partial charge in [-0.1, -0.05) is 12.1 Å². The van der Waals surface area contributed by atoms with Crippen LogP contribution in [0.15, 0.2) is 34.5 Å². The number of aromatic nitrogens is 1. The molecule has 1 N–H and O–H groups in total. The molecule has 16 heavy (non-hydrogen) atoms. The van der Waals surface area contributed by atoms with E-state index in [1.165, 1.54) is 10.6 Å². The second-order valence-corrected chi connectivity index (χ2v) is 5.32. The molecule has 0 atom stereocenters. The molecule has 0 radical (unpaired) electrons. The van der Waals surface area contributed by atoms with Crippen molar-refractivity contribution in [3.63, 3.8) is 0 Å². The van der Waals surface area contributed by atoms with Gasteiger partial charge in [-0.05, 0) is 25.3 Å². The number of hydrogen-bond acceptors (Lipinski definition) is 4. The molecule has 0 saturated heterocycles.